The summed E-state index contributed by atoms with van der Waals surface area (Å²) in [7, 11) is 0. The third-order valence-corrected chi connectivity index (χ3v) is 3.86. The maximum Gasteiger partial charge on any atom is 0.172 e. The second-order valence-corrected chi connectivity index (χ2v) is 5.99. The van der Waals surface area contributed by atoms with Crippen molar-refractivity contribution in [1.29, 1.82) is 0 Å². The van der Waals surface area contributed by atoms with Gasteiger partial charge in [-0.15, -0.1) is 0 Å². The average molecular weight is 391 g/mol. The predicted molar refractivity (Wildman–Crippen MR) is 91.5 cm³/mol. The van der Waals surface area contributed by atoms with Crippen LogP contribution in [0, 0.1) is 0 Å². The van der Waals surface area contributed by atoms with Crippen molar-refractivity contribution in [3.05, 3.63) is 56.6 Å². The second kappa shape index (κ2) is 7.22. The van der Waals surface area contributed by atoms with Crippen molar-refractivity contribution >= 4 is 62.3 Å². The minimum atomic E-state index is 0.459. The molecule has 7 heteroatoms. The number of hydrogen-bond donors (Lipinski definition) is 2. The van der Waals surface area contributed by atoms with E-state index in [-0.39, 0.29) is 0 Å². The lowest BCUT2D eigenvalue weighted by Gasteiger charge is -2.11. The molecule has 0 amide bonds. The maximum atomic E-state index is 6.07. The van der Waals surface area contributed by atoms with E-state index in [1.807, 2.05) is 24.3 Å². The summed E-state index contributed by atoms with van der Waals surface area (Å²) < 4.78 is 0.742. The Hall–Kier alpha value is -0.880. The number of nitrogens with one attached hydrogen (secondary N) is 2. The maximum absolute atomic E-state index is 6.07. The van der Waals surface area contributed by atoms with Crippen LogP contribution in [0.3, 0.4) is 0 Å². The Morgan fingerprint density at radius 3 is 2.75 bits per heavy atom. The number of benzene rings is 1. The van der Waals surface area contributed by atoms with E-state index in [1.54, 1.807) is 12.3 Å². The zero-order valence-corrected chi connectivity index (χ0v) is 14.1. The Balaban J connectivity index is 1.94. The molecule has 0 bridgehead atoms. The molecule has 0 aliphatic rings. The lowest BCUT2D eigenvalue weighted by molar-refractivity contribution is 0.925. The van der Waals surface area contributed by atoms with Crippen molar-refractivity contribution in [2.24, 2.45) is 0 Å². The van der Waals surface area contributed by atoms with Gasteiger partial charge in [-0.2, -0.15) is 0 Å². The van der Waals surface area contributed by atoms with Crippen molar-refractivity contribution < 1.29 is 0 Å². The first-order valence-corrected chi connectivity index (χ1v) is 7.61. The Bertz CT molecular complexity index is 637. The van der Waals surface area contributed by atoms with Gasteiger partial charge in [-0.05, 0) is 45.8 Å². The summed E-state index contributed by atoms with van der Waals surface area (Å²) in [5.74, 6) is 0.603. The van der Waals surface area contributed by atoms with E-state index >= 15 is 0 Å². The van der Waals surface area contributed by atoms with Crippen molar-refractivity contribution in [3.63, 3.8) is 0 Å². The largest absolute Gasteiger partial charge is 0.358 e. The molecule has 2 N–H and O–H groups in total. The molecule has 0 fully saturated rings. The van der Waals surface area contributed by atoms with Crippen LogP contribution in [0.4, 0.5) is 5.82 Å². The van der Waals surface area contributed by atoms with Crippen LogP contribution in [0.1, 0.15) is 5.56 Å². The van der Waals surface area contributed by atoms with Gasteiger partial charge in [0, 0.05) is 17.8 Å². The molecule has 0 unspecified atom stereocenters. The van der Waals surface area contributed by atoms with Crippen LogP contribution >= 0.6 is 51.3 Å². The summed E-state index contributed by atoms with van der Waals surface area (Å²) >= 11 is 20.5. The fourth-order valence-electron chi connectivity index (χ4n) is 1.48. The first kappa shape index (κ1) is 15.5. The van der Waals surface area contributed by atoms with Gasteiger partial charge in [0.25, 0.3) is 0 Å². The monoisotopic (exact) mass is 389 g/mol. The van der Waals surface area contributed by atoms with E-state index in [9.17, 15) is 0 Å². The highest BCUT2D eigenvalue weighted by Crippen LogP contribution is 2.23. The molecule has 0 saturated carbocycles. The molecule has 3 nitrogen and oxygen atoms in total. The highest BCUT2D eigenvalue weighted by atomic mass is 79.9. The SMILES string of the molecule is S=C(NCc1ccccc1Cl)Nc1ncc(Cl)cc1Br. The number of pyridine rings is 1. The fraction of sp³-hybridized carbons (Fsp3) is 0.0769. The number of thiocarbonyl (C=S) groups is 1. The van der Waals surface area contributed by atoms with Crippen molar-refractivity contribution in [3.8, 4) is 0 Å². The number of halogens is 3. The molecule has 0 radical (unpaired) electrons. The van der Waals surface area contributed by atoms with Crippen LogP contribution < -0.4 is 10.6 Å². The number of hydrogen-bond acceptors (Lipinski definition) is 2. The van der Waals surface area contributed by atoms with Gasteiger partial charge in [-0.3, -0.25) is 0 Å². The lowest BCUT2D eigenvalue weighted by Crippen LogP contribution is -2.28. The Labute approximate surface area is 140 Å². The van der Waals surface area contributed by atoms with E-state index in [0.29, 0.717) is 27.5 Å². The number of anilines is 1. The van der Waals surface area contributed by atoms with Crippen LogP contribution in [-0.4, -0.2) is 10.1 Å². The van der Waals surface area contributed by atoms with E-state index in [0.717, 1.165) is 10.0 Å². The van der Waals surface area contributed by atoms with E-state index in [2.05, 4.69) is 31.5 Å². The molecule has 1 heterocycles. The van der Waals surface area contributed by atoms with Crippen LogP contribution in [0.5, 0.6) is 0 Å². The molecule has 0 spiro atoms. The molecule has 104 valence electrons. The molecule has 1 aromatic heterocycles. The Kier molecular flexibility index (Phi) is 5.60. The van der Waals surface area contributed by atoms with Crippen molar-refractivity contribution in [2.75, 3.05) is 5.32 Å². The first-order chi connectivity index (χ1) is 9.56. The number of aromatic nitrogens is 1. The van der Waals surface area contributed by atoms with Gasteiger partial charge in [0.2, 0.25) is 0 Å². The second-order valence-electron chi connectivity index (χ2n) is 3.88. The van der Waals surface area contributed by atoms with Crippen LogP contribution in [0.2, 0.25) is 10.0 Å². The van der Waals surface area contributed by atoms with Gasteiger partial charge >= 0.3 is 0 Å². The van der Waals surface area contributed by atoms with Crippen LogP contribution in [0.25, 0.3) is 0 Å². The average Bonchev–Trinajstić information content (AvgIpc) is 2.41. The van der Waals surface area contributed by atoms with E-state index in [1.165, 1.54) is 0 Å². The molecule has 0 saturated heterocycles. The standard InChI is InChI=1S/C13H10BrCl2N3S/c14-10-5-9(15)7-17-12(10)19-13(20)18-6-8-3-1-2-4-11(8)16/h1-5,7H,6H2,(H2,17,18,19,20). The van der Waals surface area contributed by atoms with Crippen molar-refractivity contribution in [1.82, 2.24) is 10.3 Å². The van der Waals surface area contributed by atoms with E-state index < -0.39 is 0 Å². The van der Waals surface area contributed by atoms with Crippen LogP contribution in [0.15, 0.2) is 41.0 Å². The van der Waals surface area contributed by atoms with Gasteiger partial charge in [-0.1, -0.05) is 41.4 Å². The van der Waals surface area contributed by atoms with Gasteiger partial charge in [0.1, 0.15) is 5.82 Å². The fourth-order valence-corrected chi connectivity index (χ4v) is 2.58. The highest BCUT2D eigenvalue weighted by Gasteiger charge is 2.05. The Morgan fingerprint density at radius 2 is 2.05 bits per heavy atom. The predicted octanol–water partition coefficient (Wildman–Crippen LogP) is 4.64. The van der Waals surface area contributed by atoms with Crippen molar-refractivity contribution in [2.45, 2.75) is 6.54 Å². The molecule has 20 heavy (non-hydrogen) atoms. The smallest absolute Gasteiger partial charge is 0.172 e. The molecule has 2 aromatic rings. The number of nitrogens with zero attached hydrogens (tertiary/aromatic N) is 1. The first-order valence-electron chi connectivity index (χ1n) is 5.65. The molecular formula is C13H10BrCl2N3S. The highest BCUT2D eigenvalue weighted by molar-refractivity contribution is 9.10. The van der Waals surface area contributed by atoms with Gasteiger partial charge < -0.3 is 10.6 Å². The van der Waals surface area contributed by atoms with Gasteiger partial charge in [0.05, 0.1) is 9.50 Å². The van der Waals surface area contributed by atoms with Gasteiger partial charge in [-0.25, -0.2) is 4.98 Å². The normalized spacial score (nSPS) is 10.2. The molecule has 0 aliphatic carbocycles. The molecule has 0 atom stereocenters. The summed E-state index contributed by atoms with van der Waals surface area (Å²) in [6.45, 7) is 0.538. The minimum absolute atomic E-state index is 0.459. The zero-order valence-electron chi connectivity index (χ0n) is 10.2. The molecule has 1 aromatic carbocycles. The van der Waals surface area contributed by atoms with E-state index in [4.69, 9.17) is 35.4 Å². The molecule has 0 aliphatic heterocycles. The summed E-state index contributed by atoms with van der Waals surface area (Å²) in [6, 6.07) is 9.34. The summed E-state index contributed by atoms with van der Waals surface area (Å²) in [6.07, 6.45) is 1.55. The Morgan fingerprint density at radius 1 is 1.30 bits per heavy atom. The molecule has 2 rings (SSSR count). The minimum Gasteiger partial charge on any atom is -0.358 e. The topological polar surface area (TPSA) is 37.0 Å². The zero-order chi connectivity index (χ0) is 14.5. The van der Waals surface area contributed by atoms with Gasteiger partial charge in [0.15, 0.2) is 5.11 Å². The summed E-state index contributed by atoms with van der Waals surface area (Å²) in [4.78, 5) is 4.15. The summed E-state index contributed by atoms with van der Waals surface area (Å²) in [5.41, 5.74) is 0.974. The third kappa shape index (κ3) is 4.31. The third-order valence-electron chi connectivity index (χ3n) is 2.44. The number of rotatable bonds is 3. The van der Waals surface area contributed by atoms with Crippen LogP contribution in [-0.2, 0) is 6.54 Å². The molecular weight excluding hydrogens is 381 g/mol. The lowest BCUT2D eigenvalue weighted by atomic mass is 10.2. The summed E-state index contributed by atoms with van der Waals surface area (Å²) in [5, 5.41) is 7.77. The quantitative estimate of drug-likeness (QED) is 0.748.